The lowest BCUT2D eigenvalue weighted by Gasteiger charge is -2.02. The van der Waals surface area contributed by atoms with E-state index in [4.69, 9.17) is 16.0 Å². The van der Waals surface area contributed by atoms with Gasteiger partial charge in [-0.25, -0.2) is 4.98 Å². The van der Waals surface area contributed by atoms with E-state index in [1.165, 1.54) is 12.5 Å². The van der Waals surface area contributed by atoms with Gasteiger partial charge in [-0.05, 0) is 36.4 Å². The van der Waals surface area contributed by atoms with Crippen molar-refractivity contribution < 1.29 is 9.21 Å². The topological polar surface area (TPSA) is 70.9 Å². The second-order valence-corrected chi connectivity index (χ2v) is 5.67. The normalized spacial score (nSPS) is 10.9. The number of hydrogen-bond donors (Lipinski definition) is 2. The Hall–Kier alpha value is -3.05. The molecule has 0 saturated heterocycles. The van der Waals surface area contributed by atoms with Crippen molar-refractivity contribution >= 4 is 34.2 Å². The summed E-state index contributed by atoms with van der Waals surface area (Å²) in [7, 11) is 0. The highest BCUT2D eigenvalue weighted by molar-refractivity contribution is 6.33. The highest BCUT2D eigenvalue weighted by Crippen LogP contribution is 2.28. The summed E-state index contributed by atoms with van der Waals surface area (Å²) in [6.45, 7) is 0. The van der Waals surface area contributed by atoms with Crippen LogP contribution in [0.15, 0.2) is 65.5 Å². The van der Waals surface area contributed by atoms with Crippen LogP contribution in [-0.4, -0.2) is 15.9 Å². The molecular weight excluding hydrogens is 326 g/mol. The number of aromatic amines is 1. The SMILES string of the molecule is O=C(Nc1ccc2nc(-c3ccccc3Cl)[nH]c2c1)c1ccoc1. The quantitative estimate of drug-likeness (QED) is 0.567. The van der Waals surface area contributed by atoms with Crippen LogP contribution in [0.2, 0.25) is 5.02 Å². The fourth-order valence-corrected chi connectivity index (χ4v) is 2.69. The molecule has 24 heavy (non-hydrogen) atoms. The number of benzene rings is 2. The van der Waals surface area contributed by atoms with E-state index in [1.807, 2.05) is 36.4 Å². The molecule has 0 aliphatic carbocycles. The standard InChI is InChI=1S/C18H12ClN3O2/c19-14-4-2-1-3-13(14)17-21-15-6-5-12(9-16(15)22-17)20-18(23)11-7-8-24-10-11/h1-10H,(H,20,23)(H,21,22). The van der Waals surface area contributed by atoms with E-state index in [2.05, 4.69) is 15.3 Å². The predicted molar refractivity (Wildman–Crippen MR) is 93.2 cm³/mol. The van der Waals surface area contributed by atoms with Crippen molar-refractivity contribution in [1.82, 2.24) is 9.97 Å². The van der Waals surface area contributed by atoms with Crippen molar-refractivity contribution in [1.29, 1.82) is 0 Å². The average molecular weight is 338 g/mol. The van der Waals surface area contributed by atoms with Crippen LogP contribution in [0.25, 0.3) is 22.4 Å². The molecule has 0 unspecified atom stereocenters. The Morgan fingerprint density at radius 1 is 1.17 bits per heavy atom. The van der Waals surface area contributed by atoms with Crippen LogP contribution in [0.3, 0.4) is 0 Å². The van der Waals surface area contributed by atoms with Crippen LogP contribution in [0.4, 0.5) is 5.69 Å². The number of aromatic nitrogens is 2. The fraction of sp³-hybridized carbons (Fsp3) is 0. The van der Waals surface area contributed by atoms with Gasteiger partial charge >= 0.3 is 0 Å². The number of rotatable bonds is 3. The predicted octanol–water partition coefficient (Wildman–Crippen LogP) is 4.73. The first-order valence-electron chi connectivity index (χ1n) is 7.29. The summed E-state index contributed by atoms with van der Waals surface area (Å²) in [5.41, 5.74) is 3.58. The molecule has 5 nitrogen and oxygen atoms in total. The summed E-state index contributed by atoms with van der Waals surface area (Å²) in [5.74, 6) is 0.461. The number of halogens is 1. The van der Waals surface area contributed by atoms with E-state index in [0.717, 1.165) is 16.6 Å². The first kappa shape index (κ1) is 14.5. The third kappa shape index (κ3) is 2.66. The van der Waals surface area contributed by atoms with Crippen molar-refractivity contribution in [2.24, 2.45) is 0 Å². The van der Waals surface area contributed by atoms with Crippen LogP contribution in [0.5, 0.6) is 0 Å². The summed E-state index contributed by atoms with van der Waals surface area (Å²) >= 11 is 6.22. The highest BCUT2D eigenvalue weighted by Gasteiger charge is 2.11. The van der Waals surface area contributed by atoms with Crippen LogP contribution in [0, 0.1) is 0 Å². The smallest absolute Gasteiger partial charge is 0.258 e. The molecule has 2 aromatic heterocycles. The maximum atomic E-state index is 12.1. The number of fused-ring (bicyclic) bond motifs is 1. The summed E-state index contributed by atoms with van der Waals surface area (Å²) < 4.78 is 4.92. The number of anilines is 1. The summed E-state index contributed by atoms with van der Waals surface area (Å²) in [4.78, 5) is 19.9. The molecule has 0 atom stereocenters. The molecule has 0 aliphatic rings. The number of amides is 1. The first-order valence-corrected chi connectivity index (χ1v) is 7.67. The lowest BCUT2D eigenvalue weighted by Crippen LogP contribution is -2.10. The first-order chi connectivity index (χ1) is 11.7. The Morgan fingerprint density at radius 2 is 2.04 bits per heavy atom. The van der Waals surface area contributed by atoms with Crippen molar-refractivity contribution in [3.63, 3.8) is 0 Å². The number of furan rings is 1. The van der Waals surface area contributed by atoms with Crippen molar-refractivity contribution in [3.05, 3.63) is 71.6 Å². The number of H-pyrrole nitrogens is 1. The van der Waals surface area contributed by atoms with Crippen LogP contribution < -0.4 is 5.32 Å². The average Bonchev–Trinajstić information content (AvgIpc) is 3.24. The zero-order valence-electron chi connectivity index (χ0n) is 12.4. The maximum Gasteiger partial charge on any atom is 0.258 e. The van der Waals surface area contributed by atoms with Crippen molar-refractivity contribution in [2.75, 3.05) is 5.32 Å². The molecule has 4 rings (SSSR count). The minimum atomic E-state index is -0.228. The molecule has 2 aromatic carbocycles. The Balaban J connectivity index is 1.66. The monoisotopic (exact) mass is 337 g/mol. The van der Waals surface area contributed by atoms with E-state index in [1.54, 1.807) is 12.1 Å². The third-order valence-electron chi connectivity index (χ3n) is 3.65. The summed E-state index contributed by atoms with van der Waals surface area (Å²) in [5, 5.41) is 3.45. The number of imidazole rings is 1. The molecule has 4 aromatic rings. The van der Waals surface area contributed by atoms with Gasteiger partial charge < -0.3 is 14.7 Å². The Kier molecular flexibility index (Phi) is 3.55. The maximum absolute atomic E-state index is 12.1. The Labute approximate surface area is 142 Å². The zero-order valence-corrected chi connectivity index (χ0v) is 13.2. The minimum Gasteiger partial charge on any atom is -0.472 e. The number of carbonyl (C=O) groups excluding carboxylic acids is 1. The number of carbonyl (C=O) groups is 1. The van der Waals surface area contributed by atoms with Gasteiger partial charge in [-0.2, -0.15) is 0 Å². The molecule has 1 amide bonds. The minimum absolute atomic E-state index is 0.228. The Morgan fingerprint density at radius 3 is 2.83 bits per heavy atom. The molecule has 0 radical (unpaired) electrons. The van der Waals surface area contributed by atoms with E-state index in [0.29, 0.717) is 22.1 Å². The Bertz CT molecular complexity index is 1020. The number of nitrogens with zero attached hydrogens (tertiary/aromatic N) is 1. The van der Waals surface area contributed by atoms with Gasteiger partial charge in [-0.3, -0.25) is 4.79 Å². The molecule has 6 heteroatoms. The van der Waals surface area contributed by atoms with Gasteiger partial charge in [0.2, 0.25) is 0 Å². The second-order valence-electron chi connectivity index (χ2n) is 5.26. The third-order valence-corrected chi connectivity index (χ3v) is 3.98. The molecule has 0 spiro atoms. The van der Waals surface area contributed by atoms with Gasteiger partial charge in [0, 0.05) is 11.3 Å². The molecule has 2 heterocycles. The van der Waals surface area contributed by atoms with Gasteiger partial charge in [-0.1, -0.05) is 23.7 Å². The second kappa shape index (κ2) is 5.86. The van der Waals surface area contributed by atoms with Gasteiger partial charge in [-0.15, -0.1) is 0 Å². The summed E-state index contributed by atoms with van der Waals surface area (Å²) in [6.07, 6.45) is 2.86. The van der Waals surface area contributed by atoms with Gasteiger partial charge in [0.15, 0.2) is 0 Å². The molecule has 0 aliphatic heterocycles. The summed E-state index contributed by atoms with van der Waals surface area (Å²) in [6, 6.07) is 14.6. The molecule has 2 N–H and O–H groups in total. The van der Waals surface area contributed by atoms with Crippen LogP contribution in [0.1, 0.15) is 10.4 Å². The fourth-order valence-electron chi connectivity index (χ4n) is 2.47. The lowest BCUT2D eigenvalue weighted by molar-refractivity contribution is 0.102. The van der Waals surface area contributed by atoms with Crippen LogP contribution >= 0.6 is 11.6 Å². The van der Waals surface area contributed by atoms with Gasteiger partial charge in [0.25, 0.3) is 5.91 Å². The number of hydrogen-bond acceptors (Lipinski definition) is 3. The molecule has 0 saturated carbocycles. The van der Waals surface area contributed by atoms with E-state index < -0.39 is 0 Å². The van der Waals surface area contributed by atoms with E-state index in [-0.39, 0.29) is 5.91 Å². The molecule has 0 fully saturated rings. The van der Waals surface area contributed by atoms with Crippen molar-refractivity contribution in [3.8, 4) is 11.4 Å². The van der Waals surface area contributed by atoms with Crippen molar-refractivity contribution in [2.45, 2.75) is 0 Å². The highest BCUT2D eigenvalue weighted by atomic mass is 35.5. The zero-order chi connectivity index (χ0) is 16.5. The lowest BCUT2D eigenvalue weighted by atomic mass is 10.2. The molecule has 0 bridgehead atoms. The van der Waals surface area contributed by atoms with Gasteiger partial charge in [0.1, 0.15) is 12.1 Å². The van der Waals surface area contributed by atoms with E-state index >= 15 is 0 Å². The largest absolute Gasteiger partial charge is 0.472 e. The molecule has 118 valence electrons. The van der Waals surface area contributed by atoms with Gasteiger partial charge in [0.05, 0.1) is 27.9 Å². The number of nitrogens with one attached hydrogen (secondary N) is 2. The van der Waals surface area contributed by atoms with Crippen LogP contribution in [-0.2, 0) is 0 Å². The van der Waals surface area contributed by atoms with E-state index in [9.17, 15) is 4.79 Å². The molecular formula is C18H12ClN3O2.